The molecule has 0 saturated heterocycles. The highest BCUT2D eigenvalue weighted by Gasteiger charge is 2.29. The number of nitrogens with zero attached hydrogens (tertiary/aromatic N) is 2. The van der Waals surface area contributed by atoms with E-state index in [1.807, 2.05) is 30.3 Å². The fourth-order valence-corrected chi connectivity index (χ4v) is 9.79. The Labute approximate surface area is 339 Å². The standard InChI is InChI=1S/C53H46N4O/c1-34-20-27-42-43-28-23-39(32-49(43)56(48(42)30-34)33-55-52-44-17-9-11-19-50(44)58-53(52)51(54)37-14-6-3-7-15-37)38-24-29-47-45(31-38)41-16-8-10-18-46(41)57(47)40-25-21-36(22-26-40)35-12-4-2-5-13-35/h2-21,23-25,27-29,31,34,39,51,55H,22,26,30,32-33,54H2,1H3. The molecule has 0 fully saturated rings. The molecule has 3 heterocycles. The van der Waals surface area contributed by atoms with Crippen LogP contribution in [0.4, 0.5) is 5.69 Å². The topological polar surface area (TPSA) is 61.1 Å². The van der Waals surface area contributed by atoms with Crippen molar-refractivity contribution in [3.63, 3.8) is 0 Å². The number of allylic oxidation sites excluding steroid dienone is 6. The predicted octanol–water partition coefficient (Wildman–Crippen LogP) is 12.7. The molecule has 0 spiro atoms. The molecule has 5 nitrogen and oxygen atoms in total. The summed E-state index contributed by atoms with van der Waals surface area (Å²) in [5.41, 5.74) is 23.2. The largest absolute Gasteiger partial charge is 0.457 e. The van der Waals surface area contributed by atoms with Crippen LogP contribution in [0.1, 0.15) is 76.7 Å². The number of fused-ring (bicyclic) bond motifs is 7. The van der Waals surface area contributed by atoms with Crippen molar-refractivity contribution in [1.29, 1.82) is 0 Å². The van der Waals surface area contributed by atoms with Crippen molar-refractivity contribution in [3.05, 3.63) is 197 Å². The van der Waals surface area contributed by atoms with Gasteiger partial charge in [0.2, 0.25) is 0 Å². The first-order valence-corrected chi connectivity index (χ1v) is 20.7. The van der Waals surface area contributed by atoms with E-state index in [1.165, 1.54) is 66.7 Å². The maximum atomic E-state index is 6.93. The minimum atomic E-state index is -0.391. The van der Waals surface area contributed by atoms with Crippen molar-refractivity contribution < 1.29 is 4.42 Å². The molecule has 3 unspecified atom stereocenters. The van der Waals surface area contributed by atoms with Crippen LogP contribution in [0, 0.1) is 5.92 Å². The molecule has 3 aliphatic rings. The summed E-state index contributed by atoms with van der Waals surface area (Å²) < 4.78 is 11.6. The van der Waals surface area contributed by atoms with E-state index >= 15 is 0 Å². The van der Waals surface area contributed by atoms with Crippen molar-refractivity contribution in [2.75, 3.05) is 5.32 Å². The van der Waals surface area contributed by atoms with Gasteiger partial charge < -0.3 is 24.6 Å². The molecule has 0 bridgehead atoms. The van der Waals surface area contributed by atoms with Gasteiger partial charge in [-0.05, 0) is 90.3 Å². The molecule has 58 heavy (non-hydrogen) atoms. The number of nitrogens with one attached hydrogen (secondary N) is 1. The lowest BCUT2D eigenvalue weighted by Gasteiger charge is -2.23. The highest BCUT2D eigenvalue weighted by Crippen LogP contribution is 2.43. The van der Waals surface area contributed by atoms with Crippen molar-refractivity contribution in [2.24, 2.45) is 11.7 Å². The Morgan fingerprint density at radius 1 is 0.707 bits per heavy atom. The third-order valence-electron chi connectivity index (χ3n) is 12.7. The molecule has 5 aromatic carbocycles. The molecular formula is C53H46N4O. The van der Waals surface area contributed by atoms with Crippen molar-refractivity contribution in [2.45, 2.75) is 51.2 Å². The summed E-state index contributed by atoms with van der Waals surface area (Å²) in [6.07, 6.45) is 18.2. The minimum Gasteiger partial charge on any atom is -0.457 e. The Bertz CT molecular complexity index is 2990. The Kier molecular flexibility index (Phi) is 8.44. The second-order valence-electron chi connectivity index (χ2n) is 16.3. The highest BCUT2D eigenvalue weighted by molar-refractivity contribution is 6.10. The quantitative estimate of drug-likeness (QED) is 0.162. The van der Waals surface area contributed by atoms with Crippen molar-refractivity contribution >= 4 is 61.9 Å². The normalized spacial score (nSPS) is 18.0. The number of hydrogen-bond acceptors (Lipinski definition) is 3. The first-order valence-electron chi connectivity index (χ1n) is 20.7. The molecule has 0 aliphatic heterocycles. The van der Waals surface area contributed by atoms with Crippen LogP contribution in [0.3, 0.4) is 0 Å². The molecular weight excluding hydrogens is 709 g/mol. The molecule has 3 aliphatic carbocycles. The first-order chi connectivity index (χ1) is 28.6. The summed E-state index contributed by atoms with van der Waals surface area (Å²) in [5.74, 6) is 1.48. The highest BCUT2D eigenvalue weighted by atomic mass is 16.3. The molecule has 3 N–H and O–H groups in total. The number of furan rings is 1. The van der Waals surface area contributed by atoms with Crippen LogP contribution in [0.5, 0.6) is 0 Å². The smallest absolute Gasteiger partial charge is 0.149 e. The monoisotopic (exact) mass is 754 g/mol. The van der Waals surface area contributed by atoms with Crippen LogP contribution >= 0.6 is 0 Å². The number of anilines is 1. The maximum absolute atomic E-state index is 6.93. The lowest BCUT2D eigenvalue weighted by molar-refractivity contribution is 0.525. The van der Waals surface area contributed by atoms with Gasteiger partial charge in [0.15, 0.2) is 0 Å². The SMILES string of the molecule is CC1C=Cc2c3c(n(CNc4c(C(N)c5ccccc5)oc5ccccc45)c2C1)CC(c1ccc2c(c1)c1ccccc1n2C1=CC=C(c2ccccc2)CC1)C=C3. The van der Waals surface area contributed by atoms with E-state index < -0.39 is 6.04 Å². The van der Waals surface area contributed by atoms with E-state index in [0.29, 0.717) is 12.6 Å². The van der Waals surface area contributed by atoms with Gasteiger partial charge in [0, 0.05) is 50.3 Å². The Morgan fingerprint density at radius 2 is 1.41 bits per heavy atom. The number of aromatic nitrogens is 2. The second-order valence-corrected chi connectivity index (χ2v) is 16.3. The molecule has 5 heteroatoms. The van der Waals surface area contributed by atoms with Crippen molar-refractivity contribution in [1.82, 2.24) is 9.13 Å². The number of rotatable bonds is 8. The van der Waals surface area contributed by atoms with Gasteiger partial charge in [0.25, 0.3) is 0 Å². The van der Waals surface area contributed by atoms with Gasteiger partial charge in [-0.25, -0.2) is 0 Å². The third kappa shape index (κ3) is 5.80. The number of nitrogens with two attached hydrogens (primary N) is 1. The van der Waals surface area contributed by atoms with Gasteiger partial charge in [-0.1, -0.05) is 134 Å². The molecule has 0 radical (unpaired) electrons. The van der Waals surface area contributed by atoms with E-state index in [9.17, 15) is 0 Å². The van der Waals surface area contributed by atoms with Crippen LogP contribution in [-0.4, -0.2) is 9.13 Å². The van der Waals surface area contributed by atoms with Crippen LogP contribution in [-0.2, 0) is 19.5 Å². The fraction of sp³-hybridized carbons (Fsp3) is 0.170. The van der Waals surface area contributed by atoms with E-state index in [0.717, 1.165) is 53.7 Å². The average Bonchev–Trinajstić information content (AvgIpc) is 3.92. The van der Waals surface area contributed by atoms with Crippen LogP contribution < -0.4 is 11.1 Å². The third-order valence-corrected chi connectivity index (χ3v) is 12.7. The van der Waals surface area contributed by atoms with Gasteiger partial charge in [-0.3, -0.25) is 0 Å². The summed E-state index contributed by atoms with van der Waals surface area (Å²) in [4.78, 5) is 0. The Hall–Kier alpha value is -6.56. The van der Waals surface area contributed by atoms with Crippen molar-refractivity contribution in [3.8, 4) is 0 Å². The van der Waals surface area contributed by atoms with Gasteiger partial charge in [0.1, 0.15) is 11.3 Å². The Balaban J connectivity index is 0.950. The van der Waals surface area contributed by atoms with Gasteiger partial charge in [0.05, 0.1) is 29.4 Å². The first kappa shape index (κ1) is 34.7. The lowest BCUT2D eigenvalue weighted by atomic mass is 9.86. The van der Waals surface area contributed by atoms with E-state index in [1.54, 1.807) is 0 Å². The number of benzene rings is 5. The summed E-state index contributed by atoms with van der Waals surface area (Å²) in [6, 6.07) is 45.0. The minimum absolute atomic E-state index is 0.248. The molecule has 0 saturated carbocycles. The lowest BCUT2D eigenvalue weighted by Crippen LogP contribution is -2.19. The summed E-state index contributed by atoms with van der Waals surface area (Å²) in [6.45, 7) is 2.94. The summed E-state index contributed by atoms with van der Waals surface area (Å²) in [5, 5.41) is 7.54. The fourth-order valence-electron chi connectivity index (χ4n) is 9.79. The number of para-hydroxylation sites is 2. The molecule has 8 aromatic rings. The van der Waals surface area contributed by atoms with E-state index in [4.69, 9.17) is 10.2 Å². The van der Waals surface area contributed by atoms with E-state index in [2.05, 4.69) is 155 Å². The van der Waals surface area contributed by atoms with Crippen LogP contribution in [0.15, 0.2) is 156 Å². The number of hydrogen-bond donors (Lipinski definition) is 2. The Morgan fingerprint density at radius 3 is 2.22 bits per heavy atom. The molecule has 3 atom stereocenters. The zero-order chi connectivity index (χ0) is 38.7. The second kappa shape index (κ2) is 14.1. The van der Waals surface area contributed by atoms with Gasteiger partial charge in [-0.2, -0.15) is 0 Å². The maximum Gasteiger partial charge on any atom is 0.149 e. The molecule has 0 amide bonds. The van der Waals surface area contributed by atoms with E-state index in [-0.39, 0.29) is 5.92 Å². The van der Waals surface area contributed by atoms with Crippen LogP contribution in [0.2, 0.25) is 0 Å². The zero-order valence-corrected chi connectivity index (χ0v) is 32.7. The predicted molar refractivity (Wildman–Crippen MR) is 241 cm³/mol. The van der Waals surface area contributed by atoms with Crippen LogP contribution in [0.25, 0.3) is 56.2 Å². The zero-order valence-electron chi connectivity index (χ0n) is 32.7. The summed E-state index contributed by atoms with van der Waals surface area (Å²) in [7, 11) is 0. The van der Waals surface area contributed by atoms with Gasteiger partial charge in [-0.15, -0.1) is 0 Å². The molecule has 284 valence electrons. The molecule has 3 aromatic heterocycles. The van der Waals surface area contributed by atoms with Gasteiger partial charge >= 0.3 is 0 Å². The molecule has 11 rings (SSSR count). The average molecular weight is 755 g/mol. The summed E-state index contributed by atoms with van der Waals surface area (Å²) >= 11 is 0.